The minimum Gasteiger partial charge on any atom is -0.464 e. The summed E-state index contributed by atoms with van der Waals surface area (Å²) < 4.78 is 25.6. The average Bonchev–Trinajstić information content (AvgIpc) is 2.69. The van der Waals surface area contributed by atoms with E-state index in [9.17, 15) is 14.0 Å². The summed E-state index contributed by atoms with van der Waals surface area (Å²) in [5.41, 5.74) is 2.54. The van der Waals surface area contributed by atoms with Crippen LogP contribution >= 0.6 is 0 Å². The molecule has 0 amide bonds. The number of aromatic nitrogens is 1. The number of pyridine rings is 1. The van der Waals surface area contributed by atoms with Crippen molar-refractivity contribution >= 4 is 28.0 Å². The number of fused-ring (bicyclic) bond motifs is 2. The van der Waals surface area contributed by atoms with Gasteiger partial charge in [-0.05, 0) is 62.4 Å². The molecule has 0 fully saturated rings. The number of carbonyl (C=O) groups excluding carboxylic acids is 1. The number of rotatable bonds is 7. The molecule has 0 aliphatic rings. The Morgan fingerprint density at radius 3 is 2.62 bits per heavy atom. The Kier molecular flexibility index (Phi) is 6.30. The molecule has 1 unspecified atom stereocenters. The van der Waals surface area contributed by atoms with Gasteiger partial charge in [0, 0.05) is 0 Å². The summed E-state index contributed by atoms with van der Waals surface area (Å²) in [6.45, 7) is 7.54. The van der Waals surface area contributed by atoms with Gasteiger partial charge in [0.15, 0.2) is 0 Å². The Morgan fingerprint density at radius 1 is 1.17 bits per heavy atom. The predicted molar refractivity (Wildman–Crippen MR) is 111 cm³/mol. The molecule has 0 saturated carbocycles. The average molecular weight is 399 g/mol. The second-order valence-electron chi connectivity index (χ2n) is 7.35. The smallest absolute Gasteiger partial charge is 0.347 e. The Labute approximate surface area is 168 Å². The summed E-state index contributed by atoms with van der Waals surface area (Å²) in [5.74, 6) is -0.981. The van der Waals surface area contributed by atoms with Crippen molar-refractivity contribution < 1.29 is 18.3 Å². The second kappa shape index (κ2) is 8.72. The van der Waals surface area contributed by atoms with Crippen molar-refractivity contribution in [3.05, 3.63) is 50.8 Å². The van der Waals surface area contributed by atoms with E-state index in [0.717, 1.165) is 30.4 Å². The fraction of sp³-hybridized carbons (Fsp3) is 0.435. The standard InChI is InChI=1S/C23H26FNO4/c1-5-7-8-9-15-12-17-20(26)16-11-13(3)10-14(4)21(16)29-22(17)25-19(15)18(24)23(27)28-6-2/h10-12,18H,5-9H2,1-4H3. The van der Waals surface area contributed by atoms with Crippen LogP contribution in [0.25, 0.3) is 22.1 Å². The highest BCUT2D eigenvalue weighted by Crippen LogP contribution is 2.28. The van der Waals surface area contributed by atoms with Crippen LogP contribution in [0.15, 0.2) is 27.4 Å². The maximum atomic E-state index is 14.9. The van der Waals surface area contributed by atoms with Crippen LogP contribution in [0.1, 0.15) is 61.7 Å². The lowest BCUT2D eigenvalue weighted by atomic mass is 10.0. The minimum absolute atomic E-state index is 0.0284. The molecule has 0 N–H and O–H groups in total. The SMILES string of the molecule is CCCCCc1cc2c(=O)c3cc(C)cc(C)c3oc2nc1C(F)C(=O)OCC. The third-order valence-corrected chi connectivity index (χ3v) is 4.99. The van der Waals surface area contributed by atoms with E-state index in [4.69, 9.17) is 9.15 Å². The van der Waals surface area contributed by atoms with Crippen LogP contribution in [0.2, 0.25) is 0 Å². The van der Waals surface area contributed by atoms with Crippen LogP contribution < -0.4 is 5.43 Å². The molecule has 6 heteroatoms. The number of hydrogen-bond donors (Lipinski definition) is 0. The Balaban J connectivity index is 2.25. The number of benzene rings is 1. The molecule has 1 atom stereocenters. The van der Waals surface area contributed by atoms with E-state index in [1.807, 2.05) is 19.9 Å². The molecule has 2 aromatic heterocycles. The molecule has 0 saturated heterocycles. The second-order valence-corrected chi connectivity index (χ2v) is 7.35. The van der Waals surface area contributed by atoms with E-state index in [0.29, 0.717) is 28.3 Å². The van der Waals surface area contributed by atoms with E-state index in [2.05, 4.69) is 11.9 Å². The lowest BCUT2D eigenvalue weighted by molar-refractivity contribution is -0.149. The molecule has 0 aliphatic heterocycles. The highest BCUT2D eigenvalue weighted by atomic mass is 19.1. The normalized spacial score (nSPS) is 12.4. The van der Waals surface area contributed by atoms with Gasteiger partial charge in [0.05, 0.1) is 23.1 Å². The lowest BCUT2D eigenvalue weighted by Crippen LogP contribution is -2.16. The van der Waals surface area contributed by atoms with Crippen LogP contribution in [0.4, 0.5) is 4.39 Å². The first-order chi connectivity index (χ1) is 13.9. The molecule has 3 rings (SSSR count). The first kappa shape index (κ1) is 21.0. The van der Waals surface area contributed by atoms with E-state index in [1.54, 1.807) is 19.1 Å². The topological polar surface area (TPSA) is 69.4 Å². The maximum absolute atomic E-state index is 14.9. The first-order valence-electron chi connectivity index (χ1n) is 10.1. The van der Waals surface area contributed by atoms with Crippen LogP contribution in [-0.2, 0) is 16.0 Å². The number of aryl methyl sites for hydroxylation is 3. The van der Waals surface area contributed by atoms with Gasteiger partial charge in [-0.2, -0.15) is 0 Å². The highest BCUT2D eigenvalue weighted by Gasteiger charge is 2.27. The summed E-state index contributed by atoms with van der Waals surface area (Å²) >= 11 is 0. The van der Waals surface area contributed by atoms with E-state index < -0.39 is 12.1 Å². The summed E-state index contributed by atoms with van der Waals surface area (Å²) in [7, 11) is 0. The van der Waals surface area contributed by atoms with Crippen molar-refractivity contribution in [1.29, 1.82) is 0 Å². The van der Waals surface area contributed by atoms with Gasteiger partial charge >= 0.3 is 5.97 Å². The van der Waals surface area contributed by atoms with E-state index in [-0.39, 0.29) is 23.4 Å². The van der Waals surface area contributed by atoms with Crippen molar-refractivity contribution in [2.45, 2.75) is 59.5 Å². The lowest BCUT2D eigenvalue weighted by Gasteiger charge is -2.14. The molecular formula is C23H26FNO4. The number of halogens is 1. The largest absolute Gasteiger partial charge is 0.464 e. The molecule has 0 radical (unpaired) electrons. The quantitative estimate of drug-likeness (QED) is 0.308. The van der Waals surface area contributed by atoms with Gasteiger partial charge in [-0.1, -0.05) is 25.8 Å². The Bertz CT molecular complexity index is 1120. The summed E-state index contributed by atoms with van der Waals surface area (Å²) in [6.07, 6.45) is 1.27. The molecule has 1 aromatic carbocycles. The number of esters is 1. The zero-order chi connectivity index (χ0) is 21.1. The molecular weight excluding hydrogens is 373 g/mol. The van der Waals surface area contributed by atoms with Crippen LogP contribution in [-0.4, -0.2) is 17.6 Å². The maximum Gasteiger partial charge on any atom is 0.347 e. The van der Waals surface area contributed by atoms with Crippen molar-refractivity contribution in [3.63, 3.8) is 0 Å². The monoisotopic (exact) mass is 399 g/mol. The fourth-order valence-electron chi connectivity index (χ4n) is 3.60. The summed E-state index contributed by atoms with van der Waals surface area (Å²) in [4.78, 5) is 29.4. The molecule has 2 heterocycles. The van der Waals surface area contributed by atoms with Crippen LogP contribution in [0.5, 0.6) is 0 Å². The number of hydrogen-bond acceptors (Lipinski definition) is 5. The van der Waals surface area contributed by atoms with Gasteiger partial charge in [-0.15, -0.1) is 0 Å². The van der Waals surface area contributed by atoms with Gasteiger partial charge in [-0.3, -0.25) is 4.79 Å². The van der Waals surface area contributed by atoms with E-state index in [1.165, 1.54) is 0 Å². The minimum atomic E-state index is -2.02. The number of nitrogens with zero attached hydrogens (tertiary/aromatic N) is 1. The zero-order valence-corrected chi connectivity index (χ0v) is 17.3. The molecule has 5 nitrogen and oxygen atoms in total. The van der Waals surface area contributed by atoms with Crippen LogP contribution in [0.3, 0.4) is 0 Å². The summed E-state index contributed by atoms with van der Waals surface area (Å²) in [5, 5.41) is 0.778. The first-order valence-corrected chi connectivity index (χ1v) is 10.1. The molecule has 0 aliphatic carbocycles. The third kappa shape index (κ3) is 4.16. The third-order valence-electron chi connectivity index (χ3n) is 4.99. The number of ether oxygens (including phenoxy) is 1. The van der Waals surface area contributed by atoms with Crippen LogP contribution in [0, 0.1) is 13.8 Å². The summed E-state index contributed by atoms with van der Waals surface area (Å²) in [6, 6.07) is 5.32. The van der Waals surface area contributed by atoms with Gasteiger partial charge < -0.3 is 9.15 Å². The van der Waals surface area contributed by atoms with Crippen molar-refractivity contribution in [3.8, 4) is 0 Å². The number of carbonyl (C=O) groups is 1. The molecule has 29 heavy (non-hydrogen) atoms. The van der Waals surface area contributed by atoms with Crippen molar-refractivity contribution in [1.82, 2.24) is 4.98 Å². The molecule has 0 spiro atoms. The van der Waals surface area contributed by atoms with E-state index >= 15 is 0 Å². The number of alkyl halides is 1. The number of unbranched alkanes of at least 4 members (excludes halogenated alkanes) is 2. The van der Waals surface area contributed by atoms with Gasteiger partial charge in [0.1, 0.15) is 5.58 Å². The zero-order valence-electron chi connectivity index (χ0n) is 17.3. The molecule has 154 valence electrons. The van der Waals surface area contributed by atoms with Gasteiger partial charge in [0.25, 0.3) is 0 Å². The predicted octanol–water partition coefficient (Wildman–Crippen LogP) is 5.26. The van der Waals surface area contributed by atoms with Crippen molar-refractivity contribution in [2.75, 3.05) is 6.61 Å². The molecule has 0 bridgehead atoms. The Hall–Kier alpha value is -2.76. The fourth-order valence-corrected chi connectivity index (χ4v) is 3.60. The Morgan fingerprint density at radius 2 is 1.93 bits per heavy atom. The molecule has 3 aromatic rings. The van der Waals surface area contributed by atoms with Gasteiger partial charge in [-0.25, -0.2) is 14.2 Å². The highest BCUT2D eigenvalue weighted by molar-refractivity contribution is 5.90. The van der Waals surface area contributed by atoms with Gasteiger partial charge in [0.2, 0.25) is 17.3 Å². The van der Waals surface area contributed by atoms with Crippen molar-refractivity contribution in [2.24, 2.45) is 0 Å².